The van der Waals surface area contributed by atoms with Crippen molar-refractivity contribution < 1.29 is 9.53 Å². The molecule has 0 N–H and O–H groups in total. The van der Waals surface area contributed by atoms with Gasteiger partial charge in [0.15, 0.2) is 0 Å². The lowest BCUT2D eigenvalue weighted by Crippen LogP contribution is -2.28. The van der Waals surface area contributed by atoms with Gasteiger partial charge in [0.1, 0.15) is 5.75 Å². The van der Waals surface area contributed by atoms with Crippen LogP contribution >= 0.6 is 0 Å². The van der Waals surface area contributed by atoms with Crippen molar-refractivity contribution in [3.05, 3.63) is 24.3 Å². The second-order valence-corrected chi connectivity index (χ2v) is 5.36. The highest BCUT2D eigenvalue weighted by molar-refractivity contribution is 5.92. The number of hydrogen-bond acceptors (Lipinski definition) is 2. The van der Waals surface area contributed by atoms with Crippen LogP contribution in [0.1, 0.15) is 38.5 Å². The summed E-state index contributed by atoms with van der Waals surface area (Å²) >= 11 is 0. The molecule has 0 saturated heterocycles. The number of benzene rings is 1. The zero-order valence-electron chi connectivity index (χ0n) is 11.9. The number of hydrogen-bond donors (Lipinski definition) is 0. The summed E-state index contributed by atoms with van der Waals surface area (Å²) in [6.45, 7) is 0. The van der Waals surface area contributed by atoms with Crippen LogP contribution in [-0.4, -0.2) is 20.1 Å². The molecule has 1 amide bonds. The summed E-state index contributed by atoms with van der Waals surface area (Å²) in [6, 6.07) is 7.63. The zero-order chi connectivity index (χ0) is 13.7. The van der Waals surface area contributed by atoms with E-state index in [0.717, 1.165) is 11.4 Å². The summed E-state index contributed by atoms with van der Waals surface area (Å²) in [6.07, 6.45) is 7.00. The zero-order valence-corrected chi connectivity index (χ0v) is 11.9. The van der Waals surface area contributed by atoms with E-state index in [9.17, 15) is 4.79 Å². The van der Waals surface area contributed by atoms with Gasteiger partial charge in [0.25, 0.3) is 0 Å². The smallest absolute Gasteiger partial charge is 0.226 e. The Morgan fingerprint density at radius 2 is 1.84 bits per heavy atom. The number of anilines is 1. The maximum Gasteiger partial charge on any atom is 0.226 e. The number of amides is 1. The van der Waals surface area contributed by atoms with Gasteiger partial charge in [-0.05, 0) is 43.0 Å². The molecule has 0 heterocycles. The van der Waals surface area contributed by atoms with Crippen LogP contribution in [0.15, 0.2) is 24.3 Å². The number of carbonyl (C=O) groups is 1. The van der Waals surface area contributed by atoms with Crippen LogP contribution in [0.25, 0.3) is 0 Å². The van der Waals surface area contributed by atoms with Crippen molar-refractivity contribution in [1.82, 2.24) is 0 Å². The second-order valence-electron chi connectivity index (χ2n) is 5.36. The number of methoxy groups -OCH3 is 1. The molecule has 0 spiro atoms. The predicted octanol–water partition coefficient (Wildman–Crippen LogP) is 3.63. The molecule has 1 aromatic carbocycles. The first-order valence-corrected chi connectivity index (χ1v) is 7.11. The number of rotatable bonds is 4. The summed E-state index contributed by atoms with van der Waals surface area (Å²) in [5.74, 6) is 1.62. The molecule has 0 atom stereocenters. The molecule has 2 rings (SSSR count). The van der Waals surface area contributed by atoms with E-state index >= 15 is 0 Å². The Morgan fingerprint density at radius 3 is 2.42 bits per heavy atom. The summed E-state index contributed by atoms with van der Waals surface area (Å²) in [4.78, 5) is 14.0. The molecular formula is C16H23NO2. The molecule has 0 radical (unpaired) electrons. The van der Waals surface area contributed by atoms with E-state index in [1.165, 1.54) is 32.1 Å². The van der Waals surface area contributed by atoms with E-state index in [1.807, 2.05) is 31.3 Å². The van der Waals surface area contributed by atoms with E-state index in [-0.39, 0.29) is 5.91 Å². The average molecular weight is 261 g/mol. The molecule has 0 unspecified atom stereocenters. The Morgan fingerprint density at radius 1 is 1.21 bits per heavy atom. The molecule has 1 aromatic rings. The van der Waals surface area contributed by atoms with Crippen LogP contribution in [0.3, 0.4) is 0 Å². The highest BCUT2D eigenvalue weighted by Crippen LogP contribution is 2.27. The van der Waals surface area contributed by atoms with Crippen LogP contribution in [0.4, 0.5) is 5.69 Å². The van der Waals surface area contributed by atoms with Gasteiger partial charge in [-0.15, -0.1) is 0 Å². The Bertz CT molecular complexity index is 407. The third-order valence-corrected chi connectivity index (χ3v) is 4.02. The van der Waals surface area contributed by atoms with Gasteiger partial charge in [0, 0.05) is 19.2 Å². The molecule has 104 valence electrons. The van der Waals surface area contributed by atoms with Gasteiger partial charge in [-0.3, -0.25) is 4.79 Å². The highest BCUT2D eigenvalue weighted by Gasteiger charge is 2.19. The van der Waals surface area contributed by atoms with E-state index in [1.54, 1.807) is 12.0 Å². The number of ether oxygens (including phenoxy) is 1. The van der Waals surface area contributed by atoms with Crippen molar-refractivity contribution in [3.63, 3.8) is 0 Å². The molecule has 1 saturated carbocycles. The van der Waals surface area contributed by atoms with Crippen LogP contribution in [0, 0.1) is 5.92 Å². The molecule has 3 heteroatoms. The average Bonchev–Trinajstić information content (AvgIpc) is 2.47. The Kier molecular flexibility index (Phi) is 4.83. The molecule has 19 heavy (non-hydrogen) atoms. The van der Waals surface area contributed by atoms with Crippen molar-refractivity contribution in [2.24, 2.45) is 5.92 Å². The van der Waals surface area contributed by atoms with Crippen molar-refractivity contribution in [1.29, 1.82) is 0 Å². The highest BCUT2D eigenvalue weighted by atomic mass is 16.5. The third kappa shape index (κ3) is 3.72. The van der Waals surface area contributed by atoms with E-state index in [2.05, 4.69) is 0 Å². The summed E-state index contributed by atoms with van der Waals surface area (Å²) in [7, 11) is 3.50. The van der Waals surface area contributed by atoms with E-state index in [4.69, 9.17) is 4.74 Å². The quantitative estimate of drug-likeness (QED) is 0.828. The fraction of sp³-hybridized carbons (Fsp3) is 0.562. The Balaban J connectivity index is 1.93. The molecule has 3 nitrogen and oxygen atoms in total. The minimum atomic E-state index is 0.220. The van der Waals surface area contributed by atoms with Crippen molar-refractivity contribution in [2.75, 3.05) is 19.1 Å². The van der Waals surface area contributed by atoms with Gasteiger partial charge in [-0.2, -0.15) is 0 Å². The van der Waals surface area contributed by atoms with Crippen LogP contribution in [-0.2, 0) is 4.79 Å². The third-order valence-electron chi connectivity index (χ3n) is 4.02. The molecule has 1 aliphatic rings. The molecule has 1 aliphatic carbocycles. The first kappa shape index (κ1) is 13.9. The van der Waals surface area contributed by atoms with Gasteiger partial charge < -0.3 is 9.64 Å². The monoisotopic (exact) mass is 261 g/mol. The van der Waals surface area contributed by atoms with Gasteiger partial charge in [-0.1, -0.05) is 19.3 Å². The first-order chi connectivity index (χ1) is 9.20. The van der Waals surface area contributed by atoms with Crippen molar-refractivity contribution in [2.45, 2.75) is 38.5 Å². The van der Waals surface area contributed by atoms with Crippen LogP contribution in [0.5, 0.6) is 5.75 Å². The Hall–Kier alpha value is -1.51. The number of carbonyl (C=O) groups excluding carboxylic acids is 1. The maximum absolute atomic E-state index is 12.3. The minimum Gasteiger partial charge on any atom is -0.497 e. The largest absolute Gasteiger partial charge is 0.497 e. The Labute approximate surface area is 115 Å². The molecule has 0 aliphatic heterocycles. The van der Waals surface area contributed by atoms with Crippen molar-refractivity contribution >= 4 is 11.6 Å². The molecule has 0 aromatic heterocycles. The fourth-order valence-electron chi connectivity index (χ4n) is 2.72. The fourth-order valence-corrected chi connectivity index (χ4v) is 2.72. The normalized spacial score (nSPS) is 16.1. The lowest BCUT2D eigenvalue weighted by molar-refractivity contribution is -0.119. The van der Waals surface area contributed by atoms with E-state index < -0.39 is 0 Å². The summed E-state index contributed by atoms with van der Waals surface area (Å²) in [5, 5.41) is 0. The van der Waals surface area contributed by atoms with Crippen LogP contribution in [0.2, 0.25) is 0 Å². The van der Waals surface area contributed by atoms with Gasteiger partial charge >= 0.3 is 0 Å². The van der Waals surface area contributed by atoms with Gasteiger partial charge in [0.2, 0.25) is 5.91 Å². The second kappa shape index (κ2) is 6.60. The standard InChI is InChI=1S/C16H23NO2/c1-17(14-8-10-15(19-2)11-9-14)16(18)12-13-6-4-3-5-7-13/h8-11,13H,3-7,12H2,1-2H3. The summed E-state index contributed by atoms with van der Waals surface area (Å²) in [5.41, 5.74) is 0.932. The predicted molar refractivity (Wildman–Crippen MR) is 77.6 cm³/mol. The van der Waals surface area contributed by atoms with E-state index in [0.29, 0.717) is 12.3 Å². The lowest BCUT2D eigenvalue weighted by atomic mass is 9.86. The molecule has 0 bridgehead atoms. The topological polar surface area (TPSA) is 29.5 Å². The molecule has 1 fully saturated rings. The number of nitrogens with zero attached hydrogens (tertiary/aromatic N) is 1. The SMILES string of the molecule is COc1ccc(N(C)C(=O)CC2CCCCC2)cc1. The minimum absolute atomic E-state index is 0.220. The van der Waals surface area contributed by atoms with Crippen LogP contribution < -0.4 is 9.64 Å². The summed E-state index contributed by atoms with van der Waals surface area (Å²) < 4.78 is 5.13. The lowest BCUT2D eigenvalue weighted by Gasteiger charge is -2.24. The van der Waals surface area contributed by atoms with Crippen molar-refractivity contribution in [3.8, 4) is 5.75 Å². The van der Waals surface area contributed by atoms with Gasteiger partial charge in [0.05, 0.1) is 7.11 Å². The maximum atomic E-state index is 12.3. The van der Waals surface area contributed by atoms with Gasteiger partial charge in [-0.25, -0.2) is 0 Å². The molecular weight excluding hydrogens is 238 g/mol. The first-order valence-electron chi connectivity index (χ1n) is 7.11.